The summed E-state index contributed by atoms with van der Waals surface area (Å²) < 4.78 is 41.5. The van der Waals surface area contributed by atoms with Crippen LogP contribution in [0.1, 0.15) is 23.0 Å². The quantitative estimate of drug-likeness (QED) is 0.179. The van der Waals surface area contributed by atoms with Crippen LogP contribution in [-0.4, -0.2) is 86.1 Å². The first kappa shape index (κ1) is 31.8. The van der Waals surface area contributed by atoms with Crippen LogP contribution in [0.4, 0.5) is 24.7 Å². The minimum absolute atomic E-state index is 0.113. The summed E-state index contributed by atoms with van der Waals surface area (Å²) in [5.41, 5.74) is -0.183. The third-order valence-electron chi connectivity index (χ3n) is 5.69. The summed E-state index contributed by atoms with van der Waals surface area (Å²) in [6.45, 7) is 2.42. The van der Waals surface area contributed by atoms with Crippen molar-refractivity contribution >= 4 is 47.0 Å². The number of aromatic amines is 1. The lowest BCUT2D eigenvalue weighted by atomic mass is 10.1. The van der Waals surface area contributed by atoms with Crippen LogP contribution in [0, 0.1) is 0 Å². The Bertz CT molecular complexity index is 1560. The van der Waals surface area contributed by atoms with E-state index in [-0.39, 0.29) is 45.7 Å². The normalized spacial score (nSPS) is 11.9. The number of nitrogens with one attached hydrogen (secondary N) is 4. The highest BCUT2D eigenvalue weighted by Gasteiger charge is 2.37. The third kappa shape index (κ3) is 7.73. The maximum absolute atomic E-state index is 13.4. The molecule has 224 valence electrons. The first-order valence-corrected chi connectivity index (χ1v) is 12.6. The summed E-state index contributed by atoms with van der Waals surface area (Å²) >= 11 is 6.36. The van der Waals surface area contributed by atoms with Crippen LogP contribution in [0.5, 0.6) is 0 Å². The maximum atomic E-state index is 13.4. The highest BCUT2D eigenvalue weighted by atomic mass is 35.5. The lowest BCUT2D eigenvalue weighted by Gasteiger charge is -2.16. The van der Waals surface area contributed by atoms with Crippen LogP contribution in [0.2, 0.25) is 5.02 Å². The summed E-state index contributed by atoms with van der Waals surface area (Å²) in [7, 11) is 3.77. The summed E-state index contributed by atoms with van der Waals surface area (Å²) in [6, 6.07) is 3.77. The molecule has 0 aliphatic heterocycles. The van der Waals surface area contributed by atoms with Gasteiger partial charge in [-0.3, -0.25) is 23.9 Å². The Kier molecular flexibility index (Phi) is 10.4. The molecular formula is C25H27ClF3N9O4. The topological polar surface area (TPSA) is 170 Å². The molecule has 0 spiro atoms. The van der Waals surface area contributed by atoms with E-state index in [0.717, 1.165) is 6.20 Å². The molecule has 1 atom stereocenters. The van der Waals surface area contributed by atoms with E-state index in [1.807, 2.05) is 19.0 Å². The number of hydrogen-bond donors (Lipinski definition) is 5. The van der Waals surface area contributed by atoms with Gasteiger partial charge in [-0.1, -0.05) is 11.6 Å². The molecule has 3 aromatic heterocycles. The Labute approximate surface area is 242 Å². The number of halogens is 4. The average molecular weight is 610 g/mol. The van der Waals surface area contributed by atoms with Gasteiger partial charge in [0.05, 0.1) is 28.0 Å². The van der Waals surface area contributed by atoms with E-state index >= 15 is 0 Å². The summed E-state index contributed by atoms with van der Waals surface area (Å²) in [4.78, 5) is 43.7. The van der Waals surface area contributed by atoms with Gasteiger partial charge < -0.3 is 26.0 Å². The van der Waals surface area contributed by atoms with Crippen molar-refractivity contribution in [1.82, 2.24) is 40.1 Å². The molecule has 5 N–H and O–H groups in total. The second-order valence-electron chi connectivity index (χ2n) is 8.97. The number of H-pyrrole nitrogens is 1. The highest BCUT2D eigenvalue weighted by molar-refractivity contribution is 6.34. The number of imidazole rings is 1. The Morgan fingerprint density at radius 2 is 1.98 bits per heavy atom. The lowest BCUT2D eigenvalue weighted by molar-refractivity contribution is -0.140. The number of fused-ring (bicyclic) bond motifs is 1. The smallest absolute Gasteiger partial charge is 0.435 e. The first-order chi connectivity index (χ1) is 19.9. The molecule has 2 amide bonds. The molecule has 0 unspecified atom stereocenters. The van der Waals surface area contributed by atoms with Crippen molar-refractivity contribution in [2.75, 3.05) is 32.5 Å². The fourth-order valence-corrected chi connectivity index (χ4v) is 3.98. The largest absolute Gasteiger partial charge is 0.483 e. The number of rotatable bonds is 9. The van der Waals surface area contributed by atoms with Crippen molar-refractivity contribution < 1.29 is 32.7 Å². The van der Waals surface area contributed by atoms with Gasteiger partial charge in [0.2, 0.25) is 5.91 Å². The number of anilines is 2. The number of aromatic nitrogens is 5. The maximum Gasteiger partial charge on any atom is 0.435 e. The van der Waals surface area contributed by atoms with Crippen molar-refractivity contribution in [1.29, 1.82) is 0 Å². The molecule has 13 nitrogen and oxygen atoms in total. The van der Waals surface area contributed by atoms with E-state index in [1.54, 1.807) is 13.0 Å². The van der Waals surface area contributed by atoms with E-state index in [1.165, 1.54) is 35.1 Å². The molecule has 0 aliphatic rings. The molecule has 0 fully saturated rings. The van der Waals surface area contributed by atoms with E-state index < -0.39 is 23.8 Å². The van der Waals surface area contributed by atoms with E-state index in [4.69, 9.17) is 21.5 Å². The zero-order valence-electron chi connectivity index (χ0n) is 22.5. The van der Waals surface area contributed by atoms with Gasteiger partial charge in [0, 0.05) is 37.4 Å². The number of hydrogen-bond acceptors (Lipinski definition) is 8. The molecule has 0 aliphatic carbocycles. The summed E-state index contributed by atoms with van der Waals surface area (Å²) in [5, 5.41) is 21.0. The van der Waals surface area contributed by atoms with E-state index in [0.29, 0.717) is 18.8 Å². The van der Waals surface area contributed by atoms with Crippen molar-refractivity contribution in [3.63, 3.8) is 0 Å². The zero-order chi connectivity index (χ0) is 31.0. The highest BCUT2D eigenvalue weighted by Crippen LogP contribution is 2.36. The lowest BCUT2D eigenvalue weighted by Crippen LogP contribution is -2.46. The molecule has 4 rings (SSSR count). The molecule has 0 saturated heterocycles. The fourth-order valence-electron chi connectivity index (χ4n) is 3.72. The van der Waals surface area contributed by atoms with Crippen LogP contribution in [0.3, 0.4) is 0 Å². The molecule has 0 saturated carbocycles. The van der Waals surface area contributed by atoms with Crippen LogP contribution in [0.15, 0.2) is 43.0 Å². The third-order valence-corrected chi connectivity index (χ3v) is 6.00. The monoisotopic (exact) mass is 609 g/mol. The van der Waals surface area contributed by atoms with Gasteiger partial charge in [-0.15, -0.1) is 0 Å². The average Bonchev–Trinajstić information content (AvgIpc) is 3.56. The number of nitrogens with zero attached hydrogens (tertiary/aromatic N) is 5. The number of likely N-dealkylation sites (N-methyl/N-ethyl adjacent to an activating group) is 1. The van der Waals surface area contributed by atoms with Gasteiger partial charge in [0.25, 0.3) is 12.4 Å². The predicted molar refractivity (Wildman–Crippen MR) is 147 cm³/mol. The van der Waals surface area contributed by atoms with E-state index in [2.05, 4.69) is 36.1 Å². The number of carbonyl (C=O) groups excluding carboxylic acids is 2. The van der Waals surface area contributed by atoms with Crippen LogP contribution in [-0.2, 0) is 15.8 Å². The van der Waals surface area contributed by atoms with Crippen LogP contribution >= 0.6 is 11.6 Å². The number of carbonyl (C=O) groups is 3. The number of carboxylic acid groups (broad SMARTS) is 1. The zero-order valence-corrected chi connectivity index (χ0v) is 23.3. The van der Waals surface area contributed by atoms with Gasteiger partial charge in [-0.05, 0) is 39.2 Å². The summed E-state index contributed by atoms with van der Waals surface area (Å²) in [6.07, 6.45) is 0.681. The minimum atomic E-state index is -4.65. The molecule has 42 heavy (non-hydrogen) atoms. The molecule has 17 heteroatoms. The minimum Gasteiger partial charge on any atom is -0.483 e. The standard InChI is InChI=1S/C24H25ClF3N9O2.CH2O2/c1-13(22(38)30-6-8-36(2)3)33-23(39)15-5-4-14(10-17(15)25)34-20-21-31-12-18(37(21)9-7-29-20)16-11-32-35-19(16)24(26,27)28;2-1-3/h4-5,7,9-13H,6,8H2,1-3H3,(H,29,34)(H,30,38)(H,32,35)(H,33,39);1H,(H,2,3)/t13-;/m1./s1. The number of amides is 2. The molecule has 0 radical (unpaired) electrons. The Morgan fingerprint density at radius 3 is 2.62 bits per heavy atom. The molecule has 3 heterocycles. The molecule has 4 aromatic rings. The van der Waals surface area contributed by atoms with Gasteiger partial charge in [0.15, 0.2) is 17.2 Å². The Balaban J connectivity index is 0.00000155. The van der Waals surface area contributed by atoms with Crippen LogP contribution < -0.4 is 16.0 Å². The summed E-state index contributed by atoms with van der Waals surface area (Å²) in [5.74, 6) is -0.603. The number of alkyl halides is 3. The van der Waals surface area contributed by atoms with E-state index in [9.17, 15) is 22.8 Å². The van der Waals surface area contributed by atoms with Gasteiger partial charge in [-0.25, -0.2) is 9.97 Å². The van der Waals surface area contributed by atoms with Crippen molar-refractivity contribution in [2.24, 2.45) is 0 Å². The molecule has 1 aromatic carbocycles. The van der Waals surface area contributed by atoms with Gasteiger partial charge in [0.1, 0.15) is 6.04 Å². The molecule has 0 bridgehead atoms. The van der Waals surface area contributed by atoms with Crippen molar-refractivity contribution in [3.8, 4) is 11.3 Å². The SMILES string of the molecule is C[C@@H](NC(=O)c1ccc(Nc2nccn3c(-c4c[nH]nc4C(F)(F)F)cnc23)cc1Cl)C(=O)NCCN(C)C.O=CO. The van der Waals surface area contributed by atoms with Crippen molar-refractivity contribution in [2.45, 2.75) is 19.1 Å². The van der Waals surface area contributed by atoms with Gasteiger partial charge in [-0.2, -0.15) is 18.3 Å². The Hall–Kier alpha value is -4.70. The van der Waals surface area contributed by atoms with Gasteiger partial charge >= 0.3 is 6.18 Å². The second kappa shape index (κ2) is 13.8. The number of benzene rings is 1. The molecular weight excluding hydrogens is 583 g/mol. The first-order valence-electron chi connectivity index (χ1n) is 12.2. The predicted octanol–water partition coefficient (Wildman–Crippen LogP) is 3.03. The Morgan fingerprint density at radius 1 is 1.26 bits per heavy atom. The van der Waals surface area contributed by atoms with Crippen molar-refractivity contribution in [3.05, 3.63) is 59.3 Å². The second-order valence-corrected chi connectivity index (χ2v) is 9.38. The fraction of sp³-hybridized carbons (Fsp3) is 0.280. The van der Waals surface area contributed by atoms with Crippen LogP contribution in [0.25, 0.3) is 16.9 Å².